The average molecular weight is 329 g/mol. The first-order valence-electron chi connectivity index (χ1n) is 8.41. The van der Waals surface area contributed by atoms with Gasteiger partial charge >= 0.3 is 0 Å². The van der Waals surface area contributed by atoms with Crippen molar-refractivity contribution in [1.82, 2.24) is 9.78 Å². The number of rotatable bonds is 4. The topological polar surface area (TPSA) is 48.8 Å². The van der Waals surface area contributed by atoms with Crippen molar-refractivity contribution in [3.63, 3.8) is 0 Å². The molecule has 0 N–H and O–H groups in total. The molecular weight excluding hydrogens is 306 g/mol. The van der Waals surface area contributed by atoms with Gasteiger partial charge in [-0.15, -0.1) is 0 Å². The summed E-state index contributed by atoms with van der Waals surface area (Å²) in [5, 5.41) is 4.29. The number of fused-ring (bicyclic) bond motifs is 1. The van der Waals surface area contributed by atoms with Crippen molar-refractivity contribution in [2.75, 3.05) is 38.3 Å². The summed E-state index contributed by atoms with van der Waals surface area (Å²) >= 11 is 0. The fraction of sp³-hybridized carbons (Fsp3) is 0.500. The minimum absolute atomic E-state index is 0.106. The molecule has 6 nitrogen and oxygen atoms in total. The lowest BCUT2D eigenvalue weighted by molar-refractivity contribution is 0.0849. The van der Waals surface area contributed by atoms with Gasteiger partial charge in [-0.3, -0.25) is 4.68 Å². The van der Waals surface area contributed by atoms with Crippen LogP contribution in [0.3, 0.4) is 0 Å². The highest BCUT2D eigenvalue weighted by atomic mass is 16.5. The summed E-state index contributed by atoms with van der Waals surface area (Å²) in [4.78, 5) is 2.39. The zero-order valence-corrected chi connectivity index (χ0v) is 14.1. The molecule has 0 bridgehead atoms. The van der Waals surface area contributed by atoms with Gasteiger partial charge in [0.15, 0.2) is 0 Å². The molecule has 2 atom stereocenters. The molecule has 0 radical (unpaired) electrons. The molecule has 1 aromatic carbocycles. The second-order valence-electron chi connectivity index (χ2n) is 6.35. The van der Waals surface area contributed by atoms with E-state index in [9.17, 15) is 0 Å². The smallest absolute Gasteiger partial charge is 0.142 e. The van der Waals surface area contributed by atoms with E-state index in [0.717, 1.165) is 49.0 Å². The normalized spacial score (nSPS) is 23.0. The van der Waals surface area contributed by atoms with E-state index in [0.29, 0.717) is 12.5 Å². The number of nitrogens with zero attached hydrogens (tertiary/aromatic N) is 3. The molecule has 1 fully saturated rings. The minimum Gasteiger partial charge on any atom is -0.497 e. The van der Waals surface area contributed by atoms with E-state index in [-0.39, 0.29) is 6.10 Å². The van der Waals surface area contributed by atoms with Gasteiger partial charge in [0.25, 0.3) is 0 Å². The van der Waals surface area contributed by atoms with E-state index in [1.165, 1.54) is 0 Å². The Morgan fingerprint density at radius 3 is 3.00 bits per heavy atom. The predicted molar refractivity (Wildman–Crippen MR) is 90.7 cm³/mol. The number of hydrogen-bond donors (Lipinski definition) is 0. The number of methoxy groups -OCH3 is 1. The van der Waals surface area contributed by atoms with E-state index in [1.54, 1.807) is 7.11 Å². The zero-order chi connectivity index (χ0) is 16.5. The van der Waals surface area contributed by atoms with E-state index in [2.05, 4.69) is 22.1 Å². The van der Waals surface area contributed by atoms with Gasteiger partial charge in [-0.05, 0) is 24.6 Å². The summed E-state index contributed by atoms with van der Waals surface area (Å²) in [6, 6.07) is 8.05. The standard InChI is InChI=1S/C18H23N3O3/c1-20-15(5-7-19-20)18-13(6-9-24-18)12-21-8-10-23-17-4-3-14(22-2)11-16(17)21/h3-5,7,11,13,18H,6,8-10,12H2,1-2H3/t13-,18+/m0/s1. The third-order valence-corrected chi connectivity index (χ3v) is 4.95. The van der Waals surface area contributed by atoms with Crippen molar-refractivity contribution in [2.45, 2.75) is 12.5 Å². The highest BCUT2D eigenvalue weighted by Crippen LogP contribution is 2.39. The number of aromatic nitrogens is 2. The maximum atomic E-state index is 6.02. The molecule has 0 aliphatic carbocycles. The molecular formula is C18H23N3O3. The monoisotopic (exact) mass is 329 g/mol. The molecule has 0 saturated carbocycles. The first-order chi connectivity index (χ1) is 11.8. The lowest BCUT2D eigenvalue weighted by Crippen LogP contribution is -2.37. The van der Waals surface area contributed by atoms with Crippen LogP contribution in [-0.2, 0) is 11.8 Å². The SMILES string of the molecule is COc1ccc2c(c1)N(C[C@@H]1CCO[C@H]1c1ccnn1C)CCO2. The van der Waals surface area contributed by atoms with Gasteiger partial charge < -0.3 is 19.1 Å². The molecule has 24 heavy (non-hydrogen) atoms. The number of benzene rings is 1. The molecule has 0 unspecified atom stereocenters. The van der Waals surface area contributed by atoms with Gasteiger partial charge in [0.05, 0.1) is 25.0 Å². The molecule has 0 spiro atoms. The van der Waals surface area contributed by atoms with Crippen LogP contribution in [0.5, 0.6) is 11.5 Å². The molecule has 6 heteroatoms. The molecule has 0 amide bonds. The van der Waals surface area contributed by atoms with Crippen molar-refractivity contribution in [1.29, 1.82) is 0 Å². The van der Waals surface area contributed by atoms with E-state index >= 15 is 0 Å². The molecule has 2 aromatic rings. The summed E-state index contributed by atoms with van der Waals surface area (Å²) < 4.78 is 19.1. The van der Waals surface area contributed by atoms with Crippen molar-refractivity contribution >= 4 is 5.69 Å². The Labute approximate surface area is 141 Å². The highest BCUT2D eigenvalue weighted by Gasteiger charge is 2.34. The summed E-state index contributed by atoms with van der Waals surface area (Å²) in [7, 11) is 3.67. The first-order valence-corrected chi connectivity index (χ1v) is 8.41. The Morgan fingerprint density at radius 1 is 1.29 bits per heavy atom. The Kier molecular flexibility index (Phi) is 4.06. The largest absolute Gasteiger partial charge is 0.497 e. The van der Waals surface area contributed by atoms with Gasteiger partial charge in [0, 0.05) is 38.4 Å². The Bertz CT molecular complexity index is 715. The summed E-state index contributed by atoms with van der Waals surface area (Å²) in [5.41, 5.74) is 2.26. The number of ether oxygens (including phenoxy) is 3. The number of hydrogen-bond acceptors (Lipinski definition) is 5. The van der Waals surface area contributed by atoms with Crippen LogP contribution < -0.4 is 14.4 Å². The maximum absolute atomic E-state index is 6.02. The third kappa shape index (κ3) is 2.71. The number of aryl methyl sites for hydroxylation is 1. The highest BCUT2D eigenvalue weighted by molar-refractivity contribution is 5.62. The molecule has 1 saturated heterocycles. The Hall–Kier alpha value is -2.21. The van der Waals surface area contributed by atoms with Gasteiger partial charge in [-0.25, -0.2) is 0 Å². The van der Waals surface area contributed by atoms with Crippen molar-refractivity contribution in [3.8, 4) is 11.5 Å². The van der Waals surface area contributed by atoms with Crippen LogP contribution in [0, 0.1) is 5.92 Å². The van der Waals surface area contributed by atoms with E-state index in [4.69, 9.17) is 14.2 Å². The van der Waals surface area contributed by atoms with Gasteiger partial charge in [-0.2, -0.15) is 5.10 Å². The predicted octanol–water partition coefficient (Wildman–Crippen LogP) is 2.41. The summed E-state index contributed by atoms with van der Waals surface area (Å²) in [6.45, 7) is 3.34. The van der Waals surface area contributed by atoms with Crippen LogP contribution in [0.4, 0.5) is 5.69 Å². The van der Waals surface area contributed by atoms with Crippen molar-refractivity contribution in [2.24, 2.45) is 13.0 Å². The van der Waals surface area contributed by atoms with E-state index in [1.807, 2.05) is 30.1 Å². The van der Waals surface area contributed by atoms with E-state index < -0.39 is 0 Å². The molecule has 3 heterocycles. The summed E-state index contributed by atoms with van der Waals surface area (Å²) in [5.74, 6) is 2.23. The second-order valence-corrected chi connectivity index (χ2v) is 6.35. The average Bonchev–Trinajstić information content (AvgIpc) is 3.23. The van der Waals surface area contributed by atoms with Crippen LogP contribution in [0.2, 0.25) is 0 Å². The summed E-state index contributed by atoms with van der Waals surface area (Å²) in [6.07, 6.45) is 3.00. The van der Waals surface area contributed by atoms with Crippen molar-refractivity contribution < 1.29 is 14.2 Å². The second kappa shape index (κ2) is 6.36. The van der Waals surface area contributed by atoms with Gasteiger partial charge in [-0.1, -0.05) is 0 Å². The molecule has 128 valence electrons. The first kappa shape index (κ1) is 15.3. The van der Waals surface area contributed by atoms with Crippen LogP contribution >= 0.6 is 0 Å². The van der Waals surface area contributed by atoms with Gasteiger partial charge in [0.1, 0.15) is 24.2 Å². The molecule has 2 aliphatic rings. The van der Waals surface area contributed by atoms with Gasteiger partial charge in [0.2, 0.25) is 0 Å². The molecule has 1 aromatic heterocycles. The molecule has 2 aliphatic heterocycles. The van der Waals surface area contributed by atoms with Crippen LogP contribution in [-0.4, -0.2) is 43.2 Å². The van der Waals surface area contributed by atoms with Crippen LogP contribution in [0.25, 0.3) is 0 Å². The Balaban J connectivity index is 1.57. The zero-order valence-electron chi connectivity index (χ0n) is 14.1. The third-order valence-electron chi connectivity index (χ3n) is 4.95. The lowest BCUT2D eigenvalue weighted by atomic mass is 9.97. The number of anilines is 1. The fourth-order valence-electron chi connectivity index (χ4n) is 3.66. The quantitative estimate of drug-likeness (QED) is 0.862. The lowest BCUT2D eigenvalue weighted by Gasteiger charge is -2.34. The fourth-order valence-corrected chi connectivity index (χ4v) is 3.66. The van der Waals surface area contributed by atoms with Crippen LogP contribution in [0.15, 0.2) is 30.5 Å². The maximum Gasteiger partial charge on any atom is 0.142 e. The van der Waals surface area contributed by atoms with Crippen LogP contribution in [0.1, 0.15) is 18.2 Å². The molecule has 4 rings (SSSR count). The van der Waals surface area contributed by atoms with Crippen molar-refractivity contribution in [3.05, 3.63) is 36.2 Å². The Morgan fingerprint density at radius 2 is 2.21 bits per heavy atom. The minimum atomic E-state index is 0.106.